The van der Waals surface area contributed by atoms with Crippen molar-refractivity contribution in [3.8, 4) is 0 Å². The molecule has 2 aromatic rings. The van der Waals surface area contributed by atoms with E-state index < -0.39 is 0 Å². The molecule has 6 heteroatoms. The second kappa shape index (κ2) is 6.36. The Bertz CT molecular complexity index is 659. The zero-order valence-corrected chi connectivity index (χ0v) is 13.4. The highest BCUT2D eigenvalue weighted by Crippen LogP contribution is 2.35. The number of amides is 1. The summed E-state index contributed by atoms with van der Waals surface area (Å²) in [6.07, 6.45) is 0.935. The molecule has 1 aromatic heterocycles. The van der Waals surface area contributed by atoms with E-state index in [0.29, 0.717) is 10.7 Å². The van der Waals surface area contributed by atoms with Gasteiger partial charge in [-0.3, -0.25) is 4.79 Å². The average molecular weight is 341 g/mol. The van der Waals surface area contributed by atoms with E-state index >= 15 is 0 Å². The number of hydrogen-bond acceptors (Lipinski definition) is 3. The molecule has 1 fully saturated rings. The van der Waals surface area contributed by atoms with Gasteiger partial charge in [-0.25, -0.2) is 0 Å². The van der Waals surface area contributed by atoms with Crippen molar-refractivity contribution in [3.63, 3.8) is 0 Å². The molecule has 1 aliphatic rings. The molecule has 1 aliphatic heterocycles. The second-order valence-corrected chi connectivity index (χ2v) is 7.15. The van der Waals surface area contributed by atoms with Gasteiger partial charge in [0.25, 0.3) is 0 Å². The fourth-order valence-electron chi connectivity index (χ4n) is 2.60. The molecule has 0 aliphatic carbocycles. The third kappa shape index (κ3) is 3.40. The molecule has 3 rings (SSSR count). The van der Waals surface area contributed by atoms with E-state index in [2.05, 4.69) is 10.6 Å². The maximum absolute atomic E-state index is 12.5. The monoisotopic (exact) mass is 340 g/mol. The minimum absolute atomic E-state index is 0.0377. The molecular formula is C15H14Cl2N2OS. The Kier molecular flexibility index (Phi) is 4.50. The molecule has 3 nitrogen and oxygen atoms in total. The Hall–Kier alpha value is -1.07. The minimum atomic E-state index is -0.237. The Morgan fingerprint density at radius 1 is 1.29 bits per heavy atom. The maximum Gasteiger partial charge on any atom is 0.242 e. The van der Waals surface area contributed by atoms with Gasteiger partial charge in [-0.1, -0.05) is 29.3 Å². The number of rotatable bonds is 3. The smallest absolute Gasteiger partial charge is 0.242 e. The zero-order chi connectivity index (χ0) is 14.8. The Morgan fingerprint density at radius 3 is 2.86 bits per heavy atom. The van der Waals surface area contributed by atoms with Crippen LogP contribution in [0.5, 0.6) is 0 Å². The van der Waals surface area contributed by atoms with Gasteiger partial charge in [0.2, 0.25) is 5.91 Å². The standard InChI is InChI=1S/C15H14Cl2N2OS/c16-9-2-1-3-10(8-9)19-15(20)14-11(6-7-18-14)12-4-5-13(17)21-12/h1-5,8,11,14,18H,6-7H2,(H,19,20). The first kappa shape index (κ1) is 14.9. The van der Waals surface area contributed by atoms with E-state index in [1.54, 1.807) is 12.1 Å². The van der Waals surface area contributed by atoms with Crippen LogP contribution in [-0.4, -0.2) is 18.5 Å². The van der Waals surface area contributed by atoms with Crippen molar-refractivity contribution >= 4 is 46.1 Å². The summed E-state index contributed by atoms with van der Waals surface area (Å²) in [7, 11) is 0. The minimum Gasteiger partial charge on any atom is -0.325 e. The van der Waals surface area contributed by atoms with Crippen LogP contribution in [0, 0.1) is 0 Å². The van der Waals surface area contributed by atoms with Crippen LogP contribution in [0.4, 0.5) is 5.69 Å². The van der Waals surface area contributed by atoms with Gasteiger partial charge in [0.1, 0.15) is 0 Å². The van der Waals surface area contributed by atoms with Gasteiger partial charge >= 0.3 is 0 Å². The number of nitrogens with one attached hydrogen (secondary N) is 2. The lowest BCUT2D eigenvalue weighted by atomic mass is 9.98. The number of benzene rings is 1. The molecule has 1 saturated heterocycles. The summed E-state index contributed by atoms with van der Waals surface area (Å²) in [6, 6.07) is 10.8. The van der Waals surface area contributed by atoms with Crippen LogP contribution in [0.3, 0.4) is 0 Å². The molecule has 0 spiro atoms. The predicted molar refractivity (Wildman–Crippen MR) is 88.6 cm³/mol. The van der Waals surface area contributed by atoms with Crippen LogP contribution >= 0.6 is 34.5 Å². The maximum atomic E-state index is 12.5. The quantitative estimate of drug-likeness (QED) is 0.881. The number of hydrogen-bond donors (Lipinski definition) is 2. The SMILES string of the molecule is O=C(Nc1cccc(Cl)c1)C1NCCC1c1ccc(Cl)s1. The van der Waals surface area contributed by atoms with E-state index in [4.69, 9.17) is 23.2 Å². The Labute approximate surface area is 137 Å². The van der Waals surface area contributed by atoms with E-state index in [9.17, 15) is 4.79 Å². The third-order valence-corrected chi connectivity index (χ3v) is 5.15. The van der Waals surface area contributed by atoms with Crippen LogP contribution in [0.2, 0.25) is 9.36 Å². The summed E-state index contributed by atoms with van der Waals surface area (Å²) >= 11 is 13.5. The summed E-state index contributed by atoms with van der Waals surface area (Å²) in [4.78, 5) is 13.6. The van der Waals surface area contributed by atoms with Crippen molar-refractivity contribution < 1.29 is 4.79 Å². The normalized spacial score (nSPS) is 21.4. The van der Waals surface area contributed by atoms with Crippen molar-refractivity contribution in [3.05, 3.63) is 50.6 Å². The number of thiophene rings is 1. The van der Waals surface area contributed by atoms with Crippen LogP contribution in [0.1, 0.15) is 17.2 Å². The highest BCUT2D eigenvalue weighted by molar-refractivity contribution is 7.16. The van der Waals surface area contributed by atoms with Crippen molar-refractivity contribution in [1.29, 1.82) is 0 Å². The Morgan fingerprint density at radius 2 is 2.14 bits per heavy atom. The largest absolute Gasteiger partial charge is 0.325 e. The van der Waals surface area contributed by atoms with Crippen LogP contribution in [-0.2, 0) is 4.79 Å². The molecule has 1 aromatic carbocycles. The summed E-state index contributed by atoms with van der Waals surface area (Å²) in [5.74, 6) is 0.131. The van der Waals surface area contributed by atoms with Crippen molar-refractivity contribution in [1.82, 2.24) is 5.32 Å². The van der Waals surface area contributed by atoms with Gasteiger partial charge in [-0.15, -0.1) is 11.3 Å². The molecule has 0 radical (unpaired) electrons. The molecule has 1 amide bonds. The summed E-state index contributed by atoms with van der Waals surface area (Å²) in [5, 5.41) is 6.79. The van der Waals surface area contributed by atoms with Crippen molar-refractivity contribution in [2.24, 2.45) is 0 Å². The topological polar surface area (TPSA) is 41.1 Å². The molecule has 2 unspecified atom stereocenters. The summed E-state index contributed by atoms with van der Waals surface area (Å²) in [6.45, 7) is 0.827. The highest BCUT2D eigenvalue weighted by Gasteiger charge is 2.34. The lowest BCUT2D eigenvalue weighted by molar-refractivity contribution is -0.118. The molecule has 0 saturated carbocycles. The fraction of sp³-hybridized carbons (Fsp3) is 0.267. The van der Waals surface area contributed by atoms with Crippen molar-refractivity contribution in [2.45, 2.75) is 18.4 Å². The van der Waals surface area contributed by atoms with E-state index in [0.717, 1.165) is 22.2 Å². The van der Waals surface area contributed by atoms with Gasteiger partial charge < -0.3 is 10.6 Å². The zero-order valence-electron chi connectivity index (χ0n) is 11.1. The molecule has 110 valence electrons. The van der Waals surface area contributed by atoms with Crippen molar-refractivity contribution in [2.75, 3.05) is 11.9 Å². The molecule has 2 heterocycles. The van der Waals surface area contributed by atoms with Crippen LogP contribution in [0.15, 0.2) is 36.4 Å². The number of carbonyl (C=O) groups is 1. The first-order valence-electron chi connectivity index (χ1n) is 6.68. The summed E-state index contributed by atoms with van der Waals surface area (Å²) in [5.41, 5.74) is 0.712. The van der Waals surface area contributed by atoms with Gasteiger partial charge in [0.05, 0.1) is 10.4 Å². The molecule has 2 N–H and O–H groups in total. The second-order valence-electron chi connectivity index (χ2n) is 4.97. The van der Waals surface area contributed by atoms with Crippen LogP contribution in [0.25, 0.3) is 0 Å². The third-order valence-electron chi connectivity index (χ3n) is 3.56. The number of anilines is 1. The number of halogens is 2. The van der Waals surface area contributed by atoms with E-state index in [1.807, 2.05) is 24.3 Å². The number of carbonyl (C=O) groups excluding carboxylic acids is 1. The average Bonchev–Trinajstić information content (AvgIpc) is 3.06. The summed E-state index contributed by atoms with van der Waals surface area (Å²) < 4.78 is 0.755. The molecular weight excluding hydrogens is 327 g/mol. The molecule has 0 bridgehead atoms. The molecule has 2 atom stereocenters. The van der Waals surface area contributed by atoms with Gasteiger partial charge in [-0.05, 0) is 43.3 Å². The first-order valence-corrected chi connectivity index (χ1v) is 8.26. The lowest BCUT2D eigenvalue weighted by Gasteiger charge is -2.18. The Balaban J connectivity index is 1.74. The predicted octanol–water partition coefficient (Wildman–Crippen LogP) is 4.14. The highest BCUT2D eigenvalue weighted by atomic mass is 35.5. The molecule has 21 heavy (non-hydrogen) atoms. The van der Waals surface area contributed by atoms with Gasteiger partial charge in [0, 0.05) is 21.5 Å². The first-order chi connectivity index (χ1) is 10.1. The fourth-order valence-corrected chi connectivity index (χ4v) is 4.02. The van der Waals surface area contributed by atoms with E-state index in [1.165, 1.54) is 11.3 Å². The van der Waals surface area contributed by atoms with Crippen LogP contribution < -0.4 is 10.6 Å². The van der Waals surface area contributed by atoms with E-state index in [-0.39, 0.29) is 17.9 Å². The van der Waals surface area contributed by atoms with Gasteiger partial charge in [-0.2, -0.15) is 0 Å². The van der Waals surface area contributed by atoms with Gasteiger partial charge in [0.15, 0.2) is 0 Å². The lowest BCUT2D eigenvalue weighted by Crippen LogP contribution is -2.38.